The van der Waals surface area contributed by atoms with E-state index in [0.29, 0.717) is 5.92 Å². The van der Waals surface area contributed by atoms with Crippen LogP contribution >= 0.6 is 11.3 Å². The Morgan fingerprint density at radius 3 is 1.26 bits per heavy atom. The molecule has 0 bridgehead atoms. The van der Waals surface area contributed by atoms with Gasteiger partial charge in [0, 0.05) is 65.1 Å². The van der Waals surface area contributed by atoms with Crippen LogP contribution in [0, 0.1) is 11.3 Å². The van der Waals surface area contributed by atoms with Gasteiger partial charge >= 0.3 is 0 Å². The highest BCUT2D eigenvalue weighted by atomic mass is 32.1. The first kappa shape index (κ1) is 52.2. The number of thiophene rings is 1. The molecule has 81 heavy (non-hydrogen) atoms. The standard InChI is InChI=1S/C78H72N2S/c1-75(2,3)55-29-33-59(34-30-55)79(57-17-13-11-14-18-57)61-37-41-65-63-39-25-53(47-69(63)77(7,8)71(65)49-61)23-21-51-27-43-73-67(45-51)68-46-52(28-44-74(68)81-73)22-24-54-26-40-64-66-42-38-62(50-72(66)78(9,10)70(64)48-54)80(58-19-15-12-16-20-58)60-35-31-56(32-36-60)76(4,5)6/h11-31,33-50,56H,32H2,1-10H3/b23-21+,24-22+. The number of rotatable bonds is 10. The summed E-state index contributed by atoms with van der Waals surface area (Å²) in [5.74, 6) is 0.519. The van der Waals surface area contributed by atoms with Crippen LogP contribution in [0.5, 0.6) is 0 Å². The number of para-hydroxylation sites is 2. The summed E-state index contributed by atoms with van der Waals surface area (Å²) < 4.78 is 2.62. The van der Waals surface area contributed by atoms with E-state index in [9.17, 15) is 0 Å². The minimum atomic E-state index is -0.176. The smallest absolute Gasteiger partial charge is 0.0465 e. The second kappa shape index (κ2) is 19.8. The molecule has 0 aliphatic heterocycles. The van der Waals surface area contributed by atoms with Crippen LogP contribution in [0.4, 0.5) is 28.4 Å². The summed E-state index contributed by atoms with van der Waals surface area (Å²) in [5.41, 5.74) is 24.0. The molecule has 10 aromatic rings. The third-order valence-corrected chi connectivity index (χ3v) is 19.0. The largest absolute Gasteiger partial charge is 0.311 e. The predicted molar refractivity (Wildman–Crippen MR) is 352 cm³/mol. The molecule has 3 aliphatic rings. The number of allylic oxidation sites excluding steroid dienone is 3. The number of fused-ring (bicyclic) bond motifs is 9. The lowest BCUT2D eigenvalue weighted by Gasteiger charge is -2.33. The number of nitrogens with zero attached hydrogens (tertiary/aromatic N) is 2. The molecule has 0 N–H and O–H groups in total. The van der Waals surface area contributed by atoms with Crippen molar-refractivity contribution in [2.24, 2.45) is 11.3 Å². The molecule has 1 unspecified atom stereocenters. The van der Waals surface area contributed by atoms with Crippen molar-refractivity contribution in [3.8, 4) is 22.3 Å². The van der Waals surface area contributed by atoms with E-state index in [2.05, 4.69) is 316 Å². The van der Waals surface area contributed by atoms with Gasteiger partial charge in [-0.05, 0) is 186 Å². The van der Waals surface area contributed by atoms with Crippen LogP contribution in [-0.2, 0) is 16.2 Å². The van der Waals surface area contributed by atoms with Crippen LogP contribution in [0.25, 0.3) is 66.7 Å². The Morgan fingerprint density at radius 1 is 0.420 bits per heavy atom. The van der Waals surface area contributed by atoms with Gasteiger partial charge in [-0.25, -0.2) is 0 Å². The van der Waals surface area contributed by atoms with Crippen LogP contribution in [0.3, 0.4) is 0 Å². The molecule has 0 saturated carbocycles. The Kier molecular flexibility index (Phi) is 12.7. The summed E-state index contributed by atoms with van der Waals surface area (Å²) in [6.07, 6.45) is 17.4. The molecule has 2 nitrogen and oxygen atoms in total. The first-order chi connectivity index (χ1) is 38.9. The van der Waals surface area contributed by atoms with Crippen molar-refractivity contribution in [1.82, 2.24) is 0 Å². The van der Waals surface area contributed by atoms with Gasteiger partial charge in [0.05, 0.1) is 0 Å². The minimum absolute atomic E-state index is 0.0886. The zero-order chi connectivity index (χ0) is 56.0. The van der Waals surface area contributed by atoms with Crippen molar-refractivity contribution in [2.75, 3.05) is 9.80 Å². The monoisotopic (exact) mass is 1070 g/mol. The summed E-state index contributed by atoms with van der Waals surface area (Å²) >= 11 is 1.87. The molecule has 3 aliphatic carbocycles. The topological polar surface area (TPSA) is 6.48 Å². The molecule has 1 aromatic heterocycles. The van der Waals surface area contributed by atoms with Gasteiger partial charge in [-0.2, -0.15) is 0 Å². The van der Waals surface area contributed by atoms with Crippen LogP contribution in [0.2, 0.25) is 0 Å². The Hall–Kier alpha value is -8.24. The van der Waals surface area contributed by atoms with E-state index in [-0.39, 0.29) is 21.7 Å². The summed E-state index contributed by atoms with van der Waals surface area (Å²) in [4.78, 5) is 4.83. The van der Waals surface area contributed by atoms with Crippen molar-refractivity contribution in [3.63, 3.8) is 0 Å². The third-order valence-electron chi connectivity index (χ3n) is 17.8. The maximum Gasteiger partial charge on any atom is 0.0465 e. The molecule has 0 saturated heterocycles. The molecule has 0 radical (unpaired) electrons. The average Bonchev–Trinajstić information content (AvgIpc) is 3.51. The van der Waals surface area contributed by atoms with E-state index in [1.807, 2.05) is 11.3 Å². The second-order valence-corrected chi connectivity index (χ2v) is 27.0. The molecule has 9 aromatic carbocycles. The van der Waals surface area contributed by atoms with E-state index >= 15 is 0 Å². The van der Waals surface area contributed by atoms with Gasteiger partial charge in [-0.1, -0.05) is 215 Å². The Balaban J connectivity index is 0.739. The van der Waals surface area contributed by atoms with Gasteiger partial charge in [0.1, 0.15) is 0 Å². The number of hydrogen-bond donors (Lipinski definition) is 0. The highest BCUT2D eigenvalue weighted by molar-refractivity contribution is 7.25. The lowest BCUT2D eigenvalue weighted by molar-refractivity contribution is 0.293. The maximum absolute atomic E-state index is 2.44. The van der Waals surface area contributed by atoms with Crippen molar-refractivity contribution in [1.29, 1.82) is 0 Å². The molecule has 13 rings (SSSR count). The molecule has 3 heteroatoms. The number of hydrogen-bond acceptors (Lipinski definition) is 3. The van der Waals surface area contributed by atoms with E-state index in [0.717, 1.165) is 17.8 Å². The van der Waals surface area contributed by atoms with Gasteiger partial charge in [0.25, 0.3) is 0 Å². The Morgan fingerprint density at radius 2 is 0.815 bits per heavy atom. The van der Waals surface area contributed by atoms with Gasteiger partial charge in [-0.15, -0.1) is 11.3 Å². The van der Waals surface area contributed by atoms with E-state index in [4.69, 9.17) is 0 Å². The molecular formula is C78H72N2S. The fourth-order valence-corrected chi connectivity index (χ4v) is 14.0. The minimum Gasteiger partial charge on any atom is -0.311 e. The molecular weight excluding hydrogens is 997 g/mol. The predicted octanol–water partition coefficient (Wildman–Crippen LogP) is 22.4. The van der Waals surface area contributed by atoms with Crippen molar-refractivity contribution < 1.29 is 0 Å². The van der Waals surface area contributed by atoms with E-state index in [1.54, 1.807) is 0 Å². The fourth-order valence-electron chi connectivity index (χ4n) is 13.0. The summed E-state index contributed by atoms with van der Waals surface area (Å²) in [7, 11) is 0. The third kappa shape index (κ3) is 9.50. The first-order valence-electron chi connectivity index (χ1n) is 29.0. The second-order valence-electron chi connectivity index (χ2n) is 25.9. The van der Waals surface area contributed by atoms with Crippen molar-refractivity contribution in [2.45, 2.75) is 91.9 Å². The van der Waals surface area contributed by atoms with Gasteiger partial charge < -0.3 is 9.80 Å². The summed E-state index contributed by atoms with van der Waals surface area (Å²) in [6.45, 7) is 23.4. The lowest BCUT2D eigenvalue weighted by atomic mass is 9.77. The highest BCUT2D eigenvalue weighted by Gasteiger charge is 2.38. The molecule has 400 valence electrons. The highest BCUT2D eigenvalue weighted by Crippen LogP contribution is 2.53. The van der Waals surface area contributed by atoms with Crippen molar-refractivity contribution in [3.05, 3.63) is 268 Å². The number of benzene rings is 9. The lowest BCUT2D eigenvalue weighted by Crippen LogP contribution is -2.23. The van der Waals surface area contributed by atoms with Crippen LogP contribution in [0.1, 0.15) is 126 Å². The van der Waals surface area contributed by atoms with Crippen LogP contribution in [0.15, 0.2) is 218 Å². The van der Waals surface area contributed by atoms with Crippen molar-refractivity contribution >= 4 is 84.3 Å². The number of anilines is 5. The molecule has 0 amide bonds. The van der Waals surface area contributed by atoms with E-state index in [1.165, 1.54) is 115 Å². The van der Waals surface area contributed by atoms with Crippen LogP contribution in [-0.4, -0.2) is 0 Å². The summed E-state index contributed by atoms with van der Waals surface area (Å²) in [6, 6.07) is 72.8. The summed E-state index contributed by atoms with van der Waals surface area (Å²) in [5, 5.41) is 2.60. The molecule has 1 heterocycles. The zero-order valence-corrected chi connectivity index (χ0v) is 49.4. The fraction of sp³-hybridized carbons (Fsp3) is 0.205. The molecule has 1 atom stereocenters. The van der Waals surface area contributed by atoms with Gasteiger partial charge in [-0.3, -0.25) is 0 Å². The normalized spacial score (nSPS) is 16.0. The Labute approximate surface area is 484 Å². The van der Waals surface area contributed by atoms with Gasteiger partial charge in [0.2, 0.25) is 0 Å². The van der Waals surface area contributed by atoms with E-state index < -0.39 is 0 Å². The van der Waals surface area contributed by atoms with Crippen LogP contribution < -0.4 is 9.80 Å². The molecule has 0 spiro atoms. The zero-order valence-electron chi connectivity index (χ0n) is 48.6. The SMILES string of the molecule is CC(C)(C)c1ccc(N(c2ccccc2)c2ccc3c(c2)C(C)(C)c2cc(/C=C/c4ccc5sc6ccc(/C=C/c7ccc8c(c7)C(C)(C)c7cc(N(C9=CCC(C(C)(C)C)C=C9)c9ccccc9)ccc7-8)cc6c5c4)ccc2-3)cc1. The van der Waals surface area contributed by atoms with Gasteiger partial charge in [0.15, 0.2) is 0 Å². The Bertz CT molecular complexity index is 4200. The molecule has 0 fully saturated rings. The average molecular weight is 1070 g/mol. The quantitative estimate of drug-likeness (QED) is 0.126. The maximum atomic E-state index is 2.44. The first-order valence-corrected chi connectivity index (χ1v) is 29.8.